The summed E-state index contributed by atoms with van der Waals surface area (Å²) in [6.07, 6.45) is 7.33. The Labute approximate surface area is 135 Å². The first-order chi connectivity index (χ1) is 11.1. The van der Waals surface area contributed by atoms with E-state index in [4.69, 9.17) is 11.0 Å². The normalized spacial score (nSPS) is 14.4. The first-order valence-corrected chi connectivity index (χ1v) is 7.44. The van der Waals surface area contributed by atoms with Crippen molar-refractivity contribution in [2.45, 2.75) is 31.9 Å². The number of nitrogens with two attached hydrogens (primary N) is 1. The van der Waals surface area contributed by atoms with Gasteiger partial charge in [-0.05, 0) is 30.9 Å². The van der Waals surface area contributed by atoms with Crippen LogP contribution in [0.2, 0.25) is 0 Å². The molecule has 2 rings (SSSR count). The van der Waals surface area contributed by atoms with Gasteiger partial charge in [0.25, 0.3) is 0 Å². The zero-order valence-electron chi connectivity index (χ0n) is 13.0. The van der Waals surface area contributed by atoms with Gasteiger partial charge in [-0.1, -0.05) is 36.4 Å². The highest BCUT2D eigenvalue weighted by Crippen LogP contribution is 2.28. The zero-order chi connectivity index (χ0) is 16.7. The molecule has 0 fully saturated rings. The summed E-state index contributed by atoms with van der Waals surface area (Å²) in [6, 6.07) is 10.1. The number of hydrogen-bond donors (Lipinski definition) is 2. The molecule has 23 heavy (non-hydrogen) atoms. The maximum atomic E-state index is 11.0. The number of nitrogens with zero attached hydrogens (tertiary/aromatic N) is 2. The molecule has 3 N–H and O–H groups in total. The van der Waals surface area contributed by atoms with Gasteiger partial charge in [0.2, 0.25) is 0 Å². The molecule has 0 spiro atoms. The first kappa shape index (κ1) is 16.9. The molecule has 0 bridgehead atoms. The van der Waals surface area contributed by atoms with Crippen LogP contribution in [0.4, 0.5) is 0 Å². The van der Waals surface area contributed by atoms with Crippen molar-refractivity contribution < 1.29 is 14.7 Å². The maximum absolute atomic E-state index is 11.0. The van der Waals surface area contributed by atoms with E-state index in [2.05, 4.69) is 16.7 Å². The van der Waals surface area contributed by atoms with Gasteiger partial charge in [0.15, 0.2) is 6.10 Å². The van der Waals surface area contributed by atoms with Crippen molar-refractivity contribution in [3.63, 3.8) is 0 Å². The molecule has 0 radical (unpaired) electrons. The van der Waals surface area contributed by atoms with Gasteiger partial charge in [0, 0.05) is 12.4 Å². The van der Waals surface area contributed by atoms with E-state index in [-0.39, 0.29) is 6.04 Å². The van der Waals surface area contributed by atoms with Crippen molar-refractivity contribution in [2.24, 2.45) is 5.90 Å². The van der Waals surface area contributed by atoms with E-state index >= 15 is 0 Å². The lowest BCUT2D eigenvalue weighted by Crippen LogP contribution is -2.26. The van der Waals surface area contributed by atoms with E-state index in [1.165, 1.54) is 0 Å². The van der Waals surface area contributed by atoms with Gasteiger partial charge in [-0.15, -0.1) is 0 Å². The van der Waals surface area contributed by atoms with Crippen molar-refractivity contribution in [2.75, 3.05) is 0 Å². The highest BCUT2D eigenvalue weighted by Gasteiger charge is 2.17. The highest BCUT2D eigenvalue weighted by atomic mass is 16.6. The lowest BCUT2D eigenvalue weighted by Gasteiger charge is -2.18. The second-order valence-corrected chi connectivity index (χ2v) is 5.25. The molecular formula is C17H21N3O3. The molecule has 6 heteroatoms. The summed E-state index contributed by atoms with van der Waals surface area (Å²) in [5.74, 6) is 3.97. The molecule has 1 heterocycles. The van der Waals surface area contributed by atoms with Crippen LogP contribution in [0.1, 0.15) is 31.4 Å². The third kappa shape index (κ3) is 4.51. The number of carboxylic acids is 1. The standard InChI is InChI=1S/C17H21N3O3/c1-13(20-11-10-19-12-20)15(14-6-3-2-4-7-14)8-5-9-16(23-18)17(21)22/h2-4,6-8,10-13,16H,5,9,18H2,1H3,(H,21,22). The predicted octanol–water partition coefficient (Wildman–Crippen LogP) is 2.65. The van der Waals surface area contributed by atoms with E-state index < -0.39 is 12.1 Å². The van der Waals surface area contributed by atoms with E-state index in [9.17, 15) is 4.79 Å². The van der Waals surface area contributed by atoms with Gasteiger partial charge < -0.3 is 9.67 Å². The summed E-state index contributed by atoms with van der Waals surface area (Å²) in [5, 5.41) is 8.98. The fraction of sp³-hybridized carbons (Fsp3) is 0.294. The molecular weight excluding hydrogens is 294 g/mol. The van der Waals surface area contributed by atoms with Crippen molar-refractivity contribution in [1.29, 1.82) is 0 Å². The average molecular weight is 315 g/mol. The fourth-order valence-corrected chi connectivity index (χ4v) is 2.46. The summed E-state index contributed by atoms with van der Waals surface area (Å²) in [7, 11) is 0. The second-order valence-electron chi connectivity index (χ2n) is 5.25. The predicted molar refractivity (Wildman–Crippen MR) is 87.3 cm³/mol. The quantitative estimate of drug-likeness (QED) is 0.731. The van der Waals surface area contributed by atoms with Crippen LogP contribution >= 0.6 is 0 Å². The molecule has 122 valence electrons. The van der Waals surface area contributed by atoms with Crippen LogP contribution in [-0.2, 0) is 9.63 Å². The number of hydrogen-bond acceptors (Lipinski definition) is 4. The third-order valence-electron chi connectivity index (χ3n) is 3.76. The minimum atomic E-state index is -1.05. The molecule has 2 atom stereocenters. The lowest BCUT2D eigenvalue weighted by molar-refractivity contribution is -0.151. The van der Waals surface area contributed by atoms with E-state index in [0.717, 1.165) is 11.1 Å². The van der Waals surface area contributed by atoms with Crippen LogP contribution in [0.25, 0.3) is 5.57 Å². The van der Waals surface area contributed by atoms with E-state index in [0.29, 0.717) is 12.8 Å². The van der Waals surface area contributed by atoms with Gasteiger partial charge in [-0.25, -0.2) is 15.7 Å². The Morgan fingerprint density at radius 1 is 1.43 bits per heavy atom. The molecule has 0 aliphatic heterocycles. The largest absolute Gasteiger partial charge is 0.479 e. The van der Waals surface area contributed by atoms with Crippen LogP contribution < -0.4 is 5.90 Å². The molecule has 0 amide bonds. The summed E-state index contributed by atoms with van der Waals surface area (Å²) in [5.41, 5.74) is 2.19. The Balaban J connectivity index is 2.20. The third-order valence-corrected chi connectivity index (χ3v) is 3.76. The summed E-state index contributed by atoms with van der Waals surface area (Å²) < 4.78 is 2.01. The number of carbonyl (C=O) groups is 1. The molecule has 2 unspecified atom stereocenters. The fourth-order valence-electron chi connectivity index (χ4n) is 2.46. The lowest BCUT2D eigenvalue weighted by atomic mass is 9.97. The Morgan fingerprint density at radius 3 is 2.74 bits per heavy atom. The van der Waals surface area contributed by atoms with Crippen LogP contribution in [0.5, 0.6) is 0 Å². The molecule has 0 aliphatic carbocycles. The molecule has 6 nitrogen and oxygen atoms in total. The van der Waals surface area contributed by atoms with Crippen molar-refractivity contribution in [1.82, 2.24) is 9.55 Å². The van der Waals surface area contributed by atoms with E-state index in [1.807, 2.05) is 47.2 Å². The van der Waals surface area contributed by atoms with Crippen molar-refractivity contribution in [3.05, 3.63) is 60.7 Å². The zero-order valence-corrected chi connectivity index (χ0v) is 13.0. The number of rotatable bonds is 8. The molecule has 0 saturated carbocycles. The first-order valence-electron chi connectivity index (χ1n) is 7.44. The number of benzene rings is 1. The summed E-state index contributed by atoms with van der Waals surface area (Å²) >= 11 is 0. The van der Waals surface area contributed by atoms with Crippen molar-refractivity contribution in [3.8, 4) is 0 Å². The number of carboxylic acid groups (broad SMARTS) is 1. The van der Waals surface area contributed by atoms with Crippen LogP contribution in [-0.4, -0.2) is 26.7 Å². The smallest absolute Gasteiger partial charge is 0.334 e. The Kier molecular flexibility index (Phi) is 6.08. The van der Waals surface area contributed by atoms with Crippen LogP contribution in [0.15, 0.2) is 55.1 Å². The summed E-state index contributed by atoms with van der Waals surface area (Å²) in [4.78, 5) is 19.5. The Hall–Kier alpha value is -2.44. The molecule has 0 saturated heterocycles. The monoisotopic (exact) mass is 315 g/mol. The minimum absolute atomic E-state index is 0.0852. The van der Waals surface area contributed by atoms with Crippen LogP contribution in [0.3, 0.4) is 0 Å². The number of aromatic nitrogens is 2. The number of imidazole rings is 1. The average Bonchev–Trinajstić information content (AvgIpc) is 3.09. The minimum Gasteiger partial charge on any atom is -0.479 e. The second kappa shape index (κ2) is 8.26. The molecule has 2 aromatic rings. The summed E-state index contributed by atoms with van der Waals surface area (Å²) in [6.45, 7) is 2.08. The Morgan fingerprint density at radius 2 is 2.17 bits per heavy atom. The number of allylic oxidation sites excluding steroid dienone is 2. The molecule has 1 aromatic heterocycles. The van der Waals surface area contributed by atoms with Gasteiger partial charge in [0.1, 0.15) is 0 Å². The van der Waals surface area contributed by atoms with Gasteiger partial charge >= 0.3 is 5.97 Å². The van der Waals surface area contributed by atoms with E-state index in [1.54, 1.807) is 12.5 Å². The number of aliphatic carboxylic acids is 1. The van der Waals surface area contributed by atoms with Crippen LogP contribution in [0, 0.1) is 0 Å². The van der Waals surface area contributed by atoms with Gasteiger partial charge in [-0.3, -0.25) is 4.84 Å². The molecule has 0 aliphatic rings. The topological polar surface area (TPSA) is 90.4 Å². The van der Waals surface area contributed by atoms with Gasteiger partial charge in [0.05, 0.1) is 12.4 Å². The van der Waals surface area contributed by atoms with Crippen molar-refractivity contribution >= 4 is 11.5 Å². The van der Waals surface area contributed by atoms with Gasteiger partial charge in [-0.2, -0.15) is 0 Å². The highest BCUT2D eigenvalue weighted by molar-refractivity contribution is 5.72. The maximum Gasteiger partial charge on any atom is 0.334 e. The SMILES string of the molecule is CC(C(=CCCC(ON)C(=O)O)c1ccccc1)n1ccnc1. The Bertz CT molecular complexity index is 638. The molecule has 1 aromatic carbocycles.